The van der Waals surface area contributed by atoms with E-state index in [1.165, 1.54) is 17.3 Å². The molecule has 1 atom stereocenters. The molecule has 1 heterocycles. The fourth-order valence-electron chi connectivity index (χ4n) is 1.51. The van der Waals surface area contributed by atoms with Gasteiger partial charge in [-0.15, -0.1) is 0 Å². The van der Waals surface area contributed by atoms with Crippen molar-refractivity contribution in [1.82, 2.24) is 10.6 Å². The average molecular weight is 276 g/mol. The molecule has 1 rings (SSSR count). The van der Waals surface area contributed by atoms with Crippen LogP contribution >= 0.6 is 23.5 Å². The maximum absolute atomic E-state index is 11.7. The van der Waals surface area contributed by atoms with Crippen LogP contribution in [0.15, 0.2) is 0 Å². The molecule has 1 fully saturated rings. The topological polar surface area (TPSA) is 41.1 Å². The SMILES string of the molecule is CCC(C)(C)NC(=O)CNCC1CSCCS1. The Morgan fingerprint density at radius 3 is 2.76 bits per heavy atom. The molecule has 1 amide bonds. The lowest BCUT2D eigenvalue weighted by molar-refractivity contribution is -0.121. The van der Waals surface area contributed by atoms with Crippen molar-refractivity contribution < 1.29 is 4.79 Å². The molecule has 5 heteroatoms. The van der Waals surface area contributed by atoms with Gasteiger partial charge in [-0.3, -0.25) is 4.79 Å². The van der Waals surface area contributed by atoms with Crippen LogP contribution in [-0.4, -0.2) is 47.0 Å². The van der Waals surface area contributed by atoms with Gasteiger partial charge in [-0.1, -0.05) is 6.92 Å². The van der Waals surface area contributed by atoms with E-state index < -0.39 is 0 Å². The number of rotatable bonds is 6. The molecule has 0 bridgehead atoms. The van der Waals surface area contributed by atoms with Gasteiger partial charge in [-0.25, -0.2) is 0 Å². The Labute approximate surface area is 113 Å². The summed E-state index contributed by atoms with van der Waals surface area (Å²) in [5, 5.41) is 6.95. The normalized spacial score (nSPS) is 21.2. The summed E-state index contributed by atoms with van der Waals surface area (Å²) in [6.45, 7) is 7.57. The highest BCUT2D eigenvalue weighted by Crippen LogP contribution is 2.23. The zero-order valence-corrected chi connectivity index (χ0v) is 12.7. The number of hydrogen-bond donors (Lipinski definition) is 2. The van der Waals surface area contributed by atoms with Crippen molar-refractivity contribution in [3.05, 3.63) is 0 Å². The van der Waals surface area contributed by atoms with E-state index in [1.54, 1.807) is 0 Å². The number of carbonyl (C=O) groups is 1. The molecule has 0 aromatic carbocycles. The van der Waals surface area contributed by atoms with E-state index in [2.05, 4.69) is 31.4 Å². The van der Waals surface area contributed by atoms with Gasteiger partial charge in [-0.05, 0) is 20.3 Å². The fourth-order valence-corrected chi connectivity index (χ4v) is 4.16. The van der Waals surface area contributed by atoms with E-state index in [9.17, 15) is 4.79 Å². The minimum absolute atomic E-state index is 0.0891. The van der Waals surface area contributed by atoms with E-state index in [1.807, 2.05) is 23.5 Å². The van der Waals surface area contributed by atoms with Crippen LogP contribution in [0.1, 0.15) is 27.2 Å². The molecule has 0 aliphatic carbocycles. The summed E-state index contributed by atoms with van der Waals surface area (Å²) in [4.78, 5) is 11.7. The molecule has 0 aromatic heterocycles. The summed E-state index contributed by atoms with van der Waals surface area (Å²) in [6.07, 6.45) is 0.952. The molecule has 0 saturated carbocycles. The summed E-state index contributed by atoms with van der Waals surface area (Å²) >= 11 is 4.03. The Kier molecular flexibility index (Phi) is 6.74. The van der Waals surface area contributed by atoms with Crippen molar-refractivity contribution in [2.45, 2.75) is 38.0 Å². The Morgan fingerprint density at radius 2 is 2.18 bits per heavy atom. The predicted molar refractivity (Wildman–Crippen MR) is 79.0 cm³/mol. The first-order chi connectivity index (χ1) is 8.03. The lowest BCUT2D eigenvalue weighted by Crippen LogP contribution is -2.47. The minimum Gasteiger partial charge on any atom is -0.350 e. The zero-order chi connectivity index (χ0) is 12.7. The monoisotopic (exact) mass is 276 g/mol. The van der Waals surface area contributed by atoms with Gasteiger partial charge in [0, 0.05) is 34.6 Å². The maximum atomic E-state index is 11.7. The number of hydrogen-bond acceptors (Lipinski definition) is 4. The van der Waals surface area contributed by atoms with Crippen LogP contribution in [0.25, 0.3) is 0 Å². The van der Waals surface area contributed by atoms with Crippen LogP contribution in [-0.2, 0) is 4.79 Å². The molecule has 1 unspecified atom stereocenters. The van der Waals surface area contributed by atoms with E-state index in [0.29, 0.717) is 11.8 Å². The molecule has 0 spiro atoms. The van der Waals surface area contributed by atoms with Crippen molar-refractivity contribution in [1.29, 1.82) is 0 Å². The highest BCUT2D eigenvalue weighted by molar-refractivity contribution is 8.06. The first-order valence-corrected chi connectivity index (χ1v) is 8.45. The van der Waals surface area contributed by atoms with E-state index in [4.69, 9.17) is 0 Å². The molecule has 1 aliphatic rings. The van der Waals surface area contributed by atoms with Gasteiger partial charge >= 0.3 is 0 Å². The van der Waals surface area contributed by atoms with Crippen LogP contribution in [0.4, 0.5) is 0 Å². The minimum atomic E-state index is -0.0891. The Morgan fingerprint density at radius 1 is 1.41 bits per heavy atom. The van der Waals surface area contributed by atoms with Gasteiger partial charge < -0.3 is 10.6 Å². The summed E-state index contributed by atoms with van der Waals surface area (Å²) in [7, 11) is 0. The van der Waals surface area contributed by atoms with Crippen LogP contribution in [0, 0.1) is 0 Å². The summed E-state index contributed by atoms with van der Waals surface area (Å²) < 4.78 is 0. The second kappa shape index (κ2) is 7.54. The molecule has 3 nitrogen and oxygen atoms in total. The molecule has 1 saturated heterocycles. The predicted octanol–water partition coefficient (Wildman–Crippen LogP) is 1.73. The average Bonchev–Trinajstić information content (AvgIpc) is 2.30. The second-order valence-corrected chi connectivity index (χ2v) is 7.54. The van der Waals surface area contributed by atoms with Gasteiger partial charge in [0.15, 0.2) is 0 Å². The number of nitrogens with one attached hydrogen (secondary N) is 2. The van der Waals surface area contributed by atoms with Gasteiger partial charge in [0.05, 0.1) is 6.54 Å². The lowest BCUT2D eigenvalue weighted by atomic mass is 10.0. The van der Waals surface area contributed by atoms with Gasteiger partial charge in [0.1, 0.15) is 0 Å². The largest absolute Gasteiger partial charge is 0.350 e. The van der Waals surface area contributed by atoms with Crippen molar-refractivity contribution >= 4 is 29.4 Å². The highest BCUT2D eigenvalue weighted by Gasteiger charge is 2.18. The van der Waals surface area contributed by atoms with Crippen LogP contribution in [0.5, 0.6) is 0 Å². The van der Waals surface area contributed by atoms with Crippen molar-refractivity contribution in [3.63, 3.8) is 0 Å². The summed E-state index contributed by atoms with van der Waals surface area (Å²) in [6, 6.07) is 0. The number of amides is 1. The maximum Gasteiger partial charge on any atom is 0.234 e. The van der Waals surface area contributed by atoms with Crippen molar-refractivity contribution in [2.24, 2.45) is 0 Å². The smallest absolute Gasteiger partial charge is 0.234 e. The number of thioether (sulfide) groups is 2. The molecule has 2 N–H and O–H groups in total. The van der Waals surface area contributed by atoms with Crippen molar-refractivity contribution in [2.75, 3.05) is 30.3 Å². The quantitative estimate of drug-likeness (QED) is 0.775. The molecule has 0 radical (unpaired) electrons. The third-order valence-corrected chi connectivity index (χ3v) is 5.75. The lowest BCUT2D eigenvalue weighted by Gasteiger charge is -2.25. The van der Waals surface area contributed by atoms with Crippen LogP contribution < -0.4 is 10.6 Å². The second-order valence-electron chi connectivity index (χ2n) is 4.98. The Bertz CT molecular complexity index is 241. The first-order valence-electron chi connectivity index (χ1n) is 6.24. The summed E-state index contributed by atoms with van der Waals surface area (Å²) in [5.74, 6) is 3.82. The van der Waals surface area contributed by atoms with E-state index >= 15 is 0 Å². The fraction of sp³-hybridized carbons (Fsp3) is 0.917. The number of carbonyl (C=O) groups excluding carboxylic acids is 1. The van der Waals surface area contributed by atoms with Gasteiger partial charge in [0.25, 0.3) is 0 Å². The molecular weight excluding hydrogens is 252 g/mol. The molecular formula is C12H24N2OS2. The third kappa shape index (κ3) is 6.58. The Balaban J connectivity index is 2.11. The van der Waals surface area contributed by atoms with Gasteiger partial charge in [0.2, 0.25) is 5.91 Å². The zero-order valence-electron chi connectivity index (χ0n) is 11.0. The molecule has 0 aromatic rings. The Hall–Kier alpha value is 0.130. The van der Waals surface area contributed by atoms with Crippen LogP contribution in [0.3, 0.4) is 0 Å². The first kappa shape index (κ1) is 15.2. The standard InChI is InChI=1S/C12H24N2OS2/c1-4-12(2,3)14-11(15)8-13-7-10-9-16-5-6-17-10/h10,13H,4-9H2,1-3H3,(H,14,15). The van der Waals surface area contributed by atoms with E-state index in [0.717, 1.165) is 13.0 Å². The highest BCUT2D eigenvalue weighted by atomic mass is 32.2. The van der Waals surface area contributed by atoms with Gasteiger partial charge in [-0.2, -0.15) is 23.5 Å². The summed E-state index contributed by atoms with van der Waals surface area (Å²) in [5.41, 5.74) is -0.0891. The molecule has 17 heavy (non-hydrogen) atoms. The van der Waals surface area contributed by atoms with Crippen molar-refractivity contribution in [3.8, 4) is 0 Å². The molecule has 1 aliphatic heterocycles. The third-order valence-electron chi connectivity index (χ3n) is 2.90. The van der Waals surface area contributed by atoms with E-state index in [-0.39, 0.29) is 11.4 Å². The van der Waals surface area contributed by atoms with Crippen LogP contribution in [0.2, 0.25) is 0 Å². The molecule has 100 valence electrons.